The SMILES string of the molecule is COC(=O)[C@@]1([Se]c2ccccc2)C[C@@H]2O[C@@]1(c1ccccc1)c1ccccc12. The third-order valence-electron chi connectivity index (χ3n) is 5.78. The van der Waals surface area contributed by atoms with E-state index in [1.54, 1.807) is 0 Å². The fraction of sp³-hybridized carbons (Fsp3) is 0.208. The Bertz CT molecular complexity index is 1020. The predicted octanol–water partition coefficient (Wildman–Crippen LogP) is 3.77. The first-order valence-electron chi connectivity index (χ1n) is 9.36. The first kappa shape index (κ1) is 17.7. The molecule has 2 bridgehead atoms. The molecule has 2 heterocycles. The zero-order valence-electron chi connectivity index (χ0n) is 15.5. The monoisotopic (exact) mass is 436 g/mol. The van der Waals surface area contributed by atoms with Crippen LogP contribution in [0.15, 0.2) is 84.9 Å². The summed E-state index contributed by atoms with van der Waals surface area (Å²) in [5.41, 5.74) is 2.49. The third-order valence-corrected chi connectivity index (χ3v) is 8.88. The quantitative estimate of drug-likeness (QED) is 0.463. The Morgan fingerprint density at radius 2 is 1.61 bits per heavy atom. The first-order valence-corrected chi connectivity index (χ1v) is 11.1. The molecule has 0 amide bonds. The molecule has 1 saturated heterocycles. The molecule has 3 aromatic carbocycles. The number of benzene rings is 3. The Balaban J connectivity index is 1.78. The van der Waals surface area contributed by atoms with Crippen LogP contribution in [0.25, 0.3) is 0 Å². The van der Waals surface area contributed by atoms with E-state index < -0.39 is 9.91 Å². The summed E-state index contributed by atoms with van der Waals surface area (Å²) in [5, 5.41) is 0. The number of ether oxygens (including phenoxy) is 2. The van der Waals surface area contributed by atoms with Crippen LogP contribution < -0.4 is 4.46 Å². The van der Waals surface area contributed by atoms with Crippen LogP contribution in [0.3, 0.4) is 0 Å². The number of rotatable bonds is 4. The van der Waals surface area contributed by atoms with Crippen LogP contribution in [-0.2, 0) is 19.9 Å². The van der Waals surface area contributed by atoms with E-state index in [1.807, 2.05) is 48.5 Å². The van der Waals surface area contributed by atoms with Crippen LogP contribution in [0.4, 0.5) is 0 Å². The van der Waals surface area contributed by atoms with E-state index in [0.717, 1.165) is 11.1 Å². The van der Waals surface area contributed by atoms with Gasteiger partial charge in [-0.25, -0.2) is 0 Å². The zero-order chi connectivity index (χ0) is 19.2. The molecule has 0 unspecified atom stereocenters. The standard InChI is InChI=1S/C24H20O3Se/c1-26-22(25)23(28-18-12-6-3-7-13-18)16-21-19-14-8-9-15-20(19)24(23,27-21)17-10-4-2-5-11-17/h2-15,21H,16H2,1H3/t21-,23-,24-/m0/s1. The van der Waals surface area contributed by atoms with Gasteiger partial charge in [0.05, 0.1) is 0 Å². The zero-order valence-corrected chi connectivity index (χ0v) is 17.2. The number of methoxy groups -OCH3 is 1. The normalized spacial score (nSPS) is 27.4. The molecule has 140 valence electrons. The van der Waals surface area contributed by atoms with Crippen LogP contribution in [0.2, 0.25) is 4.31 Å². The summed E-state index contributed by atoms with van der Waals surface area (Å²) in [5.74, 6) is -0.183. The minimum absolute atomic E-state index is 0.0962. The van der Waals surface area contributed by atoms with Crippen LogP contribution in [-0.4, -0.2) is 28.0 Å². The molecule has 1 fully saturated rings. The average Bonchev–Trinajstić information content (AvgIpc) is 3.28. The van der Waals surface area contributed by atoms with Crippen molar-refractivity contribution in [2.45, 2.75) is 22.4 Å². The molecule has 3 aromatic rings. The maximum absolute atomic E-state index is 13.4. The number of hydrogen-bond donors (Lipinski definition) is 0. The topological polar surface area (TPSA) is 35.5 Å². The van der Waals surface area contributed by atoms with Gasteiger partial charge in [-0.05, 0) is 0 Å². The van der Waals surface area contributed by atoms with Crippen LogP contribution in [0.5, 0.6) is 0 Å². The van der Waals surface area contributed by atoms with Gasteiger partial charge < -0.3 is 0 Å². The van der Waals surface area contributed by atoms with E-state index in [-0.39, 0.29) is 27.0 Å². The van der Waals surface area contributed by atoms with Crippen LogP contribution in [0.1, 0.15) is 29.2 Å². The van der Waals surface area contributed by atoms with Gasteiger partial charge in [0.2, 0.25) is 0 Å². The number of esters is 1. The fourth-order valence-corrected chi connectivity index (χ4v) is 7.86. The number of fused-ring (bicyclic) bond motifs is 5. The Kier molecular flexibility index (Phi) is 4.17. The summed E-state index contributed by atoms with van der Waals surface area (Å²) in [4.78, 5) is 13.4. The molecule has 5 rings (SSSR count). The molecule has 0 spiro atoms. The predicted molar refractivity (Wildman–Crippen MR) is 109 cm³/mol. The van der Waals surface area contributed by atoms with Gasteiger partial charge in [0.15, 0.2) is 0 Å². The van der Waals surface area contributed by atoms with Crippen LogP contribution in [0, 0.1) is 0 Å². The van der Waals surface area contributed by atoms with Crippen molar-refractivity contribution < 1.29 is 14.3 Å². The molecular formula is C24H20O3Se. The Labute approximate surface area is 170 Å². The summed E-state index contributed by atoms with van der Waals surface area (Å²) >= 11 is -0.167. The van der Waals surface area contributed by atoms with E-state index in [4.69, 9.17) is 9.47 Å². The van der Waals surface area contributed by atoms with Gasteiger partial charge in [-0.3, -0.25) is 0 Å². The molecule has 28 heavy (non-hydrogen) atoms. The average molecular weight is 435 g/mol. The molecule has 2 aliphatic rings. The van der Waals surface area contributed by atoms with Crippen molar-refractivity contribution in [3.8, 4) is 0 Å². The van der Waals surface area contributed by atoms with Gasteiger partial charge in [-0.15, -0.1) is 0 Å². The van der Waals surface area contributed by atoms with Crippen molar-refractivity contribution in [1.82, 2.24) is 0 Å². The molecule has 3 nitrogen and oxygen atoms in total. The van der Waals surface area contributed by atoms with Gasteiger partial charge in [-0.1, -0.05) is 0 Å². The van der Waals surface area contributed by atoms with Gasteiger partial charge >= 0.3 is 171 Å². The van der Waals surface area contributed by atoms with Crippen molar-refractivity contribution >= 4 is 25.4 Å². The third kappa shape index (κ3) is 2.29. The molecule has 2 aliphatic heterocycles. The number of hydrogen-bond acceptors (Lipinski definition) is 3. The first-order chi connectivity index (χ1) is 13.7. The number of carbonyl (C=O) groups excluding carboxylic acids is 1. The summed E-state index contributed by atoms with van der Waals surface area (Å²) < 4.78 is 12.6. The molecule has 0 N–H and O–H groups in total. The maximum atomic E-state index is 13.4. The molecule has 0 radical (unpaired) electrons. The summed E-state index contributed by atoms with van der Waals surface area (Å²) in [6, 6.07) is 28.7. The van der Waals surface area contributed by atoms with Crippen molar-refractivity contribution in [3.63, 3.8) is 0 Å². The minimum atomic E-state index is -0.821. The second kappa shape index (κ2) is 6.59. The molecule has 4 heteroatoms. The van der Waals surface area contributed by atoms with E-state index in [2.05, 4.69) is 36.4 Å². The summed E-state index contributed by atoms with van der Waals surface area (Å²) in [7, 11) is 1.49. The Morgan fingerprint density at radius 3 is 2.32 bits per heavy atom. The molecule has 0 aliphatic carbocycles. The second-order valence-corrected chi connectivity index (χ2v) is 10.1. The Hall–Kier alpha value is -2.39. The molecule has 0 aromatic heterocycles. The van der Waals surface area contributed by atoms with Gasteiger partial charge in [0.25, 0.3) is 0 Å². The fourth-order valence-electron chi connectivity index (χ4n) is 4.67. The van der Waals surface area contributed by atoms with E-state index in [1.165, 1.54) is 17.1 Å². The van der Waals surface area contributed by atoms with E-state index >= 15 is 0 Å². The van der Waals surface area contributed by atoms with Gasteiger partial charge in [0.1, 0.15) is 0 Å². The van der Waals surface area contributed by atoms with Crippen molar-refractivity contribution in [2.75, 3.05) is 7.11 Å². The summed E-state index contributed by atoms with van der Waals surface area (Å²) in [6.45, 7) is 0. The van der Waals surface area contributed by atoms with Crippen molar-refractivity contribution in [1.29, 1.82) is 0 Å². The Morgan fingerprint density at radius 1 is 0.964 bits per heavy atom. The van der Waals surface area contributed by atoms with Gasteiger partial charge in [-0.2, -0.15) is 0 Å². The molecule has 3 atom stereocenters. The summed E-state index contributed by atoms with van der Waals surface area (Å²) in [6.07, 6.45) is 0.543. The van der Waals surface area contributed by atoms with E-state index in [0.29, 0.717) is 6.42 Å². The molecular weight excluding hydrogens is 415 g/mol. The second-order valence-electron chi connectivity index (χ2n) is 7.18. The number of carbonyl (C=O) groups is 1. The van der Waals surface area contributed by atoms with Crippen molar-refractivity contribution in [3.05, 3.63) is 102 Å². The van der Waals surface area contributed by atoms with Crippen LogP contribution >= 0.6 is 0 Å². The van der Waals surface area contributed by atoms with Gasteiger partial charge in [0, 0.05) is 0 Å². The van der Waals surface area contributed by atoms with E-state index in [9.17, 15) is 4.79 Å². The molecule has 0 saturated carbocycles. The van der Waals surface area contributed by atoms with Crippen molar-refractivity contribution in [2.24, 2.45) is 0 Å².